The molecule has 0 aliphatic carbocycles. The monoisotopic (exact) mass is 284 g/mol. The maximum absolute atomic E-state index is 5.39. The Morgan fingerprint density at radius 3 is 2.62 bits per heavy atom. The Hall–Kier alpha value is -2.34. The molecule has 1 aromatic heterocycles. The van der Waals surface area contributed by atoms with E-state index < -0.39 is 0 Å². The van der Waals surface area contributed by atoms with Crippen molar-refractivity contribution >= 4 is 5.82 Å². The molecule has 0 saturated carbocycles. The van der Waals surface area contributed by atoms with Gasteiger partial charge in [0, 0.05) is 31.7 Å². The fraction of sp³-hybridized carbons (Fsp3) is 0.333. The number of benzene rings is 1. The van der Waals surface area contributed by atoms with E-state index in [-0.39, 0.29) is 6.79 Å². The number of rotatable bonds is 2. The fourth-order valence-electron chi connectivity index (χ4n) is 2.60. The Morgan fingerprint density at radius 1 is 0.952 bits per heavy atom. The van der Waals surface area contributed by atoms with Crippen LogP contribution in [-0.2, 0) is 0 Å². The predicted molar refractivity (Wildman–Crippen MR) is 78.7 cm³/mol. The number of aromatic nitrogens is 2. The highest BCUT2D eigenvalue weighted by Gasteiger charge is 2.15. The summed E-state index contributed by atoms with van der Waals surface area (Å²) in [5.41, 5.74) is 1.82. The van der Waals surface area contributed by atoms with Crippen LogP contribution in [0.4, 0.5) is 5.82 Å². The van der Waals surface area contributed by atoms with Crippen molar-refractivity contribution in [3.63, 3.8) is 0 Å². The summed E-state index contributed by atoms with van der Waals surface area (Å²) < 4.78 is 10.7. The van der Waals surface area contributed by atoms with E-state index >= 15 is 0 Å². The van der Waals surface area contributed by atoms with E-state index in [2.05, 4.69) is 20.4 Å². The van der Waals surface area contributed by atoms with Crippen molar-refractivity contribution in [1.29, 1.82) is 0 Å². The third-order valence-corrected chi connectivity index (χ3v) is 3.76. The molecule has 4 rings (SSSR count). The van der Waals surface area contributed by atoms with E-state index in [9.17, 15) is 0 Å². The second-order valence-electron chi connectivity index (χ2n) is 5.08. The number of hydrogen-bond acceptors (Lipinski definition) is 6. The quantitative estimate of drug-likeness (QED) is 0.896. The summed E-state index contributed by atoms with van der Waals surface area (Å²) in [6.45, 7) is 4.21. The minimum atomic E-state index is 0.284. The number of hydrogen-bond donors (Lipinski definition) is 1. The summed E-state index contributed by atoms with van der Waals surface area (Å²) in [4.78, 5) is 2.24. The van der Waals surface area contributed by atoms with E-state index in [4.69, 9.17) is 9.47 Å². The molecule has 108 valence electrons. The van der Waals surface area contributed by atoms with Crippen LogP contribution in [0.5, 0.6) is 11.5 Å². The highest BCUT2D eigenvalue weighted by atomic mass is 16.7. The van der Waals surface area contributed by atoms with Crippen molar-refractivity contribution in [1.82, 2.24) is 15.5 Å². The number of ether oxygens (including phenoxy) is 2. The van der Waals surface area contributed by atoms with Gasteiger partial charge >= 0.3 is 0 Å². The fourth-order valence-corrected chi connectivity index (χ4v) is 2.60. The smallest absolute Gasteiger partial charge is 0.231 e. The molecule has 0 atom stereocenters. The van der Waals surface area contributed by atoms with Gasteiger partial charge in [-0.05, 0) is 30.3 Å². The van der Waals surface area contributed by atoms with Gasteiger partial charge in [0.25, 0.3) is 0 Å². The SMILES string of the molecule is c1cc2c(cc1-c1ccc(N3CCNCC3)nn1)OCO2. The van der Waals surface area contributed by atoms with Crippen LogP contribution in [-0.4, -0.2) is 43.2 Å². The van der Waals surface area contributed by atoms with Crippen LogP contribution in [0.3, 0.4) is 0 Å². The zero-order chi connectivity index (χ0) is 14.1. The molecule has 2 aliphatic rings. The molecule has 2 aliphatic heterocycles. The summed E-state index contributed by atoms with van der Waals surface area (Å²) in [6, 6.07) is 9.85. The number of anilines is 1. The molecule has 1 fully saturated rings. The Balaban J connectivity index is 1.58. The Kier molecular flexibility index (Phi) is 3.08. The van der Waals surface area contributed by atoms with E-state index in [1.54, 1.807) is 0 Å². The Labute approximate surface area is 122 Å². The maximum Gasteiger partial charge on any atom is 0.231 e. The van der Waals surface area contributed by atoms with Gasteiger partial charge in [0.05, 0.1) is 5.69 Å². The molecule has 0 bridgehead atoms. The largest absolute Gasteiger partial charge is 0.454 e. The number of nitrogens with zero attached hydrogens (tertiary/aromatic N) is 3. The van der Waals surface area contributed by atoms with Crippen LogP contribution in [0.15, 0.2) is 30.3 Å². The Bertz CT molecular complexity index is 639. The third kappa shape index (κ3) is 2.38. The summed E-state index contributed by atoms with van der Waals surface area (Å²) in [5, 5.41) is 12.0. The zero-order valence-corrected chi connectivity index (χ0v) is 11.6. The predicted octanol–water partition coefficient (Wildman–Crippen LogP) is 1.28. The van der Waals surface area contributed by atoms with Crippen molar-refractivity contribution in [3.05, 3.63) is 30.3 Å². The van der Waals surface area contributed by atoms with Crippen LogP contribution >= 0.6 is 0 Å². The van der Waals surface area contributed by atoms with Crippen LogP contribution in [0.1, 0.15) is 0 Å². The summed E-state index contributed by atoms with van der Waals surface area (Å²) in [7, 11) is 0. The van der Waals surface area contributed by atoms with Crippen molar-refractivity contribution in [2.45, 2.75) is 0 Å². The van der Waals surface area contributed by atoms with Gasteiger partial charge in [-0.25, -0.2) is 0 Å². The highest BCUT2D eigenvalue weighted by Crippen LogP contribution is 2.35. The van der Waals surface area contributed by atoms with Gasteiger partial charge in [-0.3, -0.25) is 0 Å². The molecular formula is C15H16N4O2. The first-order valence-electron chi connectivity index (χ1n) is 7.09. The second-order valence-corrected chi connectivity index (χ2v) is 5.08. The molecule has 6 nitrogen and oxygen atoms in total. The van der Waals surface area contributed by atoms with E-state index in [0.29, 0.717) is 0 Å². The van der Waals surface area contributed by atoms with Crippen molar-refractivity contribution in [2.24, 2.45) is 0 Å². The molecule has 2 aromatic rings. The van der Waals surface area contributed by atoms with E-state index in [1.165, 1.54) is 0 Å². The van der Waals surface area contributed by atoms with Crippen LogP contribution in [0.2, 0.25) is 0 Å². The molecule has 0 spiro atoms. The molecule has 0 unspecified atom stereocenters. The highest BCUT2D eigenvalue weighted by molar-refractivity contribution is 5.64. The first-order chi connectivity index (χ1) is 10.4. The molecule has 1 aromatic carbocycles. The number of piperazine rings is 1. The standard InChI is InChI=1S/C15H16N4O2/c1-3-13-14(21-10-20-13)9-11(1)12-2-4-15(18-17-12)19-7-5-16-6-8-19/h1-4,9,16H,5-8,10H2. The van der Waals surface area contributed by atoms with Crippen molar-refractivity contribution in [2.75, 3.05) is 37.9 Å². The molecule has 1 saturated heterocycles. The first kappa shape index (κ1) is 12.4. The number of fused-ring (bicyclic) bond motifs is 1. The third-order valence-electron chi connectivity index (χ3n) is 3.76. The van der Waals surface area contributed by atoms with E-state index in [0.717, 1.165) is 54.8 Å². The molecule has 6 heteroatoms. The zero-order valence-electron chi connectivity index (χ0n) is 11.6. The second kappa shape index (κ2) is 5.21. The van der Waals surface area contributed by atoms with Gasteiger partial charge in [-0.2, -0.15) is 0 Å². The molecule has 0 radical (unpaired) electrons. The molecule has 1 N–H and O–H groups in total. The molecule has 3 heterocycles. The van der Waals surface area contributed by atoms with Gasteiger partial charge in [0.2, 0.25) is 6.79 Å². The lowest BCUT2D eigenvalue weighted by Gasteiger charge is -2.27. The summed E-state index contributed by atoms with van der Waals surface area (Å²) >= 11 is 0. The minimum Gasteiger partial charge on any atom is -0.454 e. The molecule has 0 amide bonds. The van der Waals surface area contributed by atoms with Gasteiger partial charge < -0.3 is 19.7 Å². The molecule has 21 heavy (non-hydrogen) atoms. The van der Waals surface area contributed by atoms with Gasteiger partial charge in [-0.1, -0.05) is 0 Å². The van der Waals surface area contributed by atoms with Gasteiger partial charge in [-0.15, -0.1) is 10.2 Å². The summed E-state index contributed by atoms with van der Waals surface area (Å²) in [5.74, 6) is 2.48. The van der Waals surface area contributed by atoms with Gasteiger partial charge in [0.15, 0.2) is 17.3 Å². The van der Waals surface area contributed by atoms with Crippen molar-refractivity contribution in [3.8, 4) is 22.8 Å². The van der Waals surface area contributed by atoms with Crippen LogP contribution in [0.25, 0.3) is 11.3 Å². The minimum absolute atomic E-state index is 0.284. The average Bonchev–Trinajstić information content (AvgIpc) is 3.03. The summed E-state index contributed by atoms with van der Waals surface area (Å²) in [6.07, 6.45) is 0. The average molecular weight is 284 g/mol. The first-order valence-corrected chi connectivity index (χ1v) is 7.09. The van der Waals surface area contributed by atoms with Crippen LogP contribution in [0, 0.1) is 0 Å². The normalized spacial score (nSPS) is 17.0. The van der Waals surface area contributed by atoms with Crippen molar-refractivity contribution < 1.29 is 9.47 Å². The molecular weight excluding hydrogens is 268 g/mol. The lowest BCUT2D eigenvalue weighted by molar-refractivity contribution is 0.174. The Morgan fingerprint density at radius 2 is 1.81 bits per heavy atom. The van der Waals surface area contributed by atoms with Crippen LogP contribution < -0.4 is 19.7 Å². The lowest BCUT2D eigenvalue weighted by Crippen LogP contribution is -2.43. The topological polar surface area (TPSA) is 59.5 Å². The maximum atomic E-state index is 5.39. The lowest BCUT2D eigenvalue weighted by atomic mass is 10.1. The van der Waals surface area contributed by atoms with E-state index in [1.807, 2.05) is 30.3 Å². The van der Waals surface area contributed by atoms with Gasteiger partial charge in [0.1, 0.15) is 0 Å². The number of nitrogens with one attached hydrogen (secondary N) is 1.